The van der Waals surface area contributed by atoms with Crippen molar-refractivity contribution in [3.05, 3.63) is 15.8 Å². The van der Waals surface area contributed by atoms with Gasteiger partial charge in [0.25, 0.3) is 5.91 Å². The van der Waals surface area contributed by atoms with Crippen LogP contribution in [-0.4, -0.2) is 25.7 Å². The van der Waals surface area contributed by atoms with Crippen molar-refractivity contribution in [1.82, 2.24) is 5.32 Å². The fraction of sp³-hybridized carbons (Fsp3) is 0.500. The van der Waals surface area contributed by atoms with Crippen LogP contribution in [-0.2, 0) is 4.74 Å². The Balaban J connectivity index is 2.54. The highest BCUT2D eigenvalue weighted by atomic mass is 32.1. The smallest absolute Gasteiger partial charge is 0.261 e. The molecule has 5 heteroatoms. The largest absolute Gasteiger partial charge is 0.398 e. The Labute approximate surface area is 93.4 Å². The molecular formula is C10H16N2O2S. The monoisotopic (exact) mass is 228 g/mol. The third-order valence-corrected chi connectivity index (χ3v) is 3.20. The molecule has 1 atom stereocenters. The molecule has 0 aromatic carbocycles. The van der Waals surface area contributed by atoms with Crippen LogP contribution >= 0.6 is 11.3 Å². The summed E-state index contributed by atoms with van der Waals surface area (Å²) < 4.78 is 5.03. The average molecular weight is 228 g/mol. The van der Waals surface area contributed by atoms with Crippen molar-refractivity contribution in [3.8, 4) is 0 Å². The normalized spacial score (nSPS) is 12.5. The fourth-order valence-corrected chi connectivity index (χ4v) is 1.87. The Bertz CT molecular complexity index is 330. The lowest BCUT2D eigenvalue weighted by molar-refractivity contribution is 0.0874. The summed E-state index contributed by atoms with van der Waals surface area (Å²) in [6.07, 6.45) is 0.0207. The zero-order valence-electron chi connectivity index (χ0n) is 9.16. The van der Waals surface area contributed by atoms with Crippen LogP contribution in [0.1, 0.15) is 21.5 Å². The number of rotatable bonds is 4. The number of hydrogen-bond acceptors (Lipinski definition) is 4. The number of anilines is 1. The highest BCUT2D eigenvalue weighted by molar-refractivity contribution is 7.14. The third-order valence-electron chi connectivity index (χ3n) is 2.13. The summed E-state index contributed by atoms with van der Waals surface area (Å²) in [6.45, 7) is 4.30. The van der Waals surface area contributed by atoms with E-state index < -0.39 is 0 Å². The standard InChI is InChI=1S/C10H16N2O2S/c1-6(14-3)5-12-10(13)9-4-8(11)7(2)15-9/h4,6H,5,11H2,1-3H3,(H,12,13). The van der Waals surface area contributed by atoms with E-state index in [1.54, 1.807) is 13.2 Å². The molecule has 0 spiro atoms. The number of nitrogens with two attached hydrogens (primary N) is 1. The number of amides is 1. The minimum absolute atomic E-state index is 0.0207. The van der Waals surface area contributed by atoms with E-state index in [4.69, 9.17) is 10.5 Å². The Morgan fingerprint density at radius 2 is 2.40 bits per heavy atom. The molecule has 84 valence electrons. The molecule has 1 rings (SSSR count). The second-order valence-corrected chi connectivity index (χ2v) is 4.63. The van der Waals surface area contributed by atoms with Gasteiger partial charge in [-0.05, 0) is 19.9 Å². The van der Waals surface area contributed by atoms with Crippen LogP contribution < -0.4 is 11.1 Å². The lowest BCUT2D eigenvalue weighted by Gasteiger charge is -2.09. The van der Waals surface area contributed by atoms with Crippen molar-refractivity contribution >= 4 is 22.9 Å². The second kappa shape index (κ2) is 5.14. The van der Waals surface area contributed by atoms with Gasteiger partial charge in [-0.25, -0.2) is 0 Å². The summed E-state index contributed by atoms with van der Waals surface area (Å²) in [5.41, 5.74) is 6.34. The van der Waals surface area contributed by atoms with Crippen molar-refractivity contribution in [2.75, 3.05) is 19.4 Å². The first kappa shape index (κ1) is 12.0. The molecule has 0 radical (unpaired) electrons. The van der Waals surface area contributed by atoms with Gasteiger partial charge in [-0.2, -0.15) is 0 Å². The van der Waals surface area contributed by atoms with Gasteiger partial charge in [0.1, 0.15) is 0 Å². The van der Waals surface area contributed by atoms with Gasteiger partial charge in [0, 0.05) is 24.2 Å². The number of methoxy groups -OCH3 is 1. The van der Waals surface area contributed by atoms with E-state index in [2.05, 4.69) is 5.32 Å². The fourth-order valence-electron chi connectivity index (χ4n) is 1.01. The molecule has 0 bridgehead atoms. The van der Waals surface area contributed by atoms with Crippen LogP contribution in [0.4, 0.5) is 5.69 Å². The number of ether oxygens (including phenoxy) is 1. The van der Waals surface area contributed by atoms with Gasteiger partial charge in [0.15, 0.2) is 0 Å². The van der Waals surface area contributed by atoms with Gasteiger partial charge in [-0.3, -0.25) is 4.79 Å². The molecule has 4 nitrogen and oxygen atoms in total. The minimum atomic E-state index is -0.0938. The lowest BCUT2D eigenvalue weighted by Crippen LogP contribution is -2.31. The van der Waals surface area contributed by atoms with E-state index in [-0.39, 0.29) is 12.0 Å². The molecule has 1 heterocycles. The van der Waals surface area contributed by atoms with Gasteiger partial charge in [-0.15, -0.1) is 11.3 Å². The van der Waals surface area contributed by atoms with E-state index in [0.717, 1.165) is 4.88 Å². The molecular weight excluding hydrogens is 212 g/mol. The second-order valence-electron chi connectivity index (χ2n) is 3.38. The highest BCUT2D eigenvalue weighted by Gasteiger charge is 2.11. The SMILES string of the molecule is COC(C)CNC(=O)c1cc(N)c(C)s1. The Hall–Kier alpha value is -1.07. The van der Waals surface area contributed by atoms with Gasteiger partial charge < -0.3 is 15.8 Å². The number of hydrogen-bond donors (Lipinski definition) is 2. The first-order valence-corrected chi connectivity index (χ1v) is 5.53. The minimum Gasteiger partial charge on any atom is -0.398 e. The van der Waals surface area contributed by atoms with Crippen molar-refractivity contribution in [2.45, 2.75) is 20.0 Å². The summed E-state index contributed by atoms with van der Waals surface area (Å²) in [6, 6.07) is 1.70. The predicted octanol–water partition coefficient (Wildman–Crippen LogP) is 1.40. The summed E-state index contributed by atoms with van der Waals surface area (Å²) in [7, 11) is 1.62. The summed E-state index contributed by atoms with van der Waals surface area (Å²) in [5, 5.41) is 2.78. The van der Waals surface area contributed by atoms with Crippen LogP contribution in [0.5, 0.6) is 0 Å². The van der Waals surface area contributed by atoms with E-state index >= 15 is 0 Å². The third kappa shape index (κ3) is 3.21. The lowest BCUT2D eigenvalue weighted by atomic mass is 10.3. The molecule has 0 aliphatic carbocycles. The number of thiophene rings is 1. The molecule has 1 aromatic heterocycles. The maximum atomic E-state index is 11.6. The topological polar surface area (TPSA) is 64.3 Å². The van der Waals surface area contributed by atoms with Crippen molar-refractivity contribution in [3.63, 3.8) is 0 Å². The van der Waals surface area contributed by atoms with Gasteiger partial charge >= 0.3 is 0 Å². The molecule has 0 saturated carbocycles. The number of carbonyl (C=O) groups is 1. The zero-order valence-corrected chi connectivity index (χ0v) is 9.98. The maximum absolute atomic E-state index is 11.6. The summed E-state index contributed by atoms with van der Waals surface area (Å²) >= 11 is 1.40. The number of carbonyl (C=O) groups excluding carboxylic acids is 1. The molecule has 1 aromatic rings. The van der Waals surface area contributed by atoms with Gasteiger partial charge in [-0.1, -0.05) is 0 Å². The summed E-state index contributed by atoms with van der Waals surface area (Å²) in [5.74, 6) is -0.0938. The van der Waals surface area contributed by atoms with E-state index in [1.807, 2.05) is 13.8 Å². The van der Waals surface area contributed by atoms with Crippen LogP contribution in [0.3, 0.4) is 0 Å². The van der Waals surface area contributed by atoms with Crippen LogP contribution in [0.25, 0.3) is 0 Å². The van der Waals surface area contributed by atoms with Crippen LogP contribution in [0.2, 0.25) is 0 Å². The molecule has 0 aliphatic rings. The molecule has 1 amide bonds. The maximum Gasteiger partial charge on any atom is 0.261 e. The van der Waals surface area contributed by atoms with Gasteiger partial charge in [0.05, 0.1) is 11.0 Å². The molecule has 0 fully saturated rings. The molecule has 0 aliphatic heterocycles. The van der Waals surface area contributed by atoms with Crippen LogP contribution in [0, 0.1) is 6.92 Å². The molecule has 15 heavy (non-hydrogen) atoms. The Morgan fingerprint density at radius 3 is 2.87 bits per heavy atom. The average Bonchev–Trinajstić information content (AvgIpc) is 2.55. The summed E-state index contributed by atoms with van der Waals surface area (Å²) in [4.78, 5) is 13.2. The van der Waals surface area contributed by atoms with Crippen molar-refractivity contribution < 1.29 is 9.53 Å². The zero-order chi connectivity index (χ0) is 11.4. The Kier molecular flexibility index (Phi) is 4.11. The first-order chi connectivity index (χ1) is 7.04. The first-order valence-electron chi connectivity index (χ1n) is 4.71. The van der Waals surface area contributed by atoms with Crippen LogP contribution in [0.15, 0.2) is 6.07 Å². The Morgan fingerprint density at radius 1 is 1.73 bits per heavy atom. The number of nitrogens with one attached hydrogen (secondary N) is 1. The van der Waals surface area contributed by atoms with E-state index in [9.17, 15) is 4.79 Å². The molecule has 0 saturated heterocycles. The number of aryl methyl sites for hydroxylation is 1. The van der Waals surface area contributed by atoms with Gasteiger partial charge in [0.2, 0.25) is 0 Å². The highest BCUT2D eigenvalue weighted by Crippen LogP contribution is 2.22. The quantitative estimate of drug-likeness (QED) is 0.818. The predicted molar refractivity (Wildman–Crippen MR) is 62.3 cm³/mol. The van der Waals surface area contributed by atoms with E-state index in [1.165, 1.54) is 11.3 Å². The number of nitrogen functional groups attached to an aromatic ring is 1. The van der Waals surface area contributed by atoms with Crippen molar-refractivity contribution in [2.24, 2.45) is 0 Å². The van der Waals surface area contributed by atoms with E-state index in [0.29, 0.717) is 17.1 Å². The molecule has 3 N–H and O–H groups in total. The van der Waals surface area contributed by atoms with Crippen molar-refractivity contribution in [1.29, 1.82) is 0 Å². The molecule has 1 unspecified atom stereocenters.